The van der Waals surface area contributed by atoms with Gasteiger partial charge in [-0.1, -0.05) is 25.8 Å². The van der Waals surface area contributed by atoms with Crippen molar-refractivity contribution in [3.8, 4) is 0 Å². The van der Waals surface area contributed by atoms with Crippen LogP contribution in [0.25, 0.3) is 0 Å². The molecule has 0 spiro atoms. The van der Waals surface area contributed by atoms with Crippen LogP contribution in [0, 0.1) is 12.7 Å². The van der Waals surface area contributed by atoms with Crippen LogP contribution in [0.1, 0.15) is 49.8 Å². The number of hydrogen-bond donors (Lipinski definition) is 1. The minimum absolute atomic E-state index is 0.166. The summed E-state index contributed by atoms with van der Waals surface area (Å²) < 4.78 is 13.3. The van der Waals surface area contributed by atoms with E-state index in [4.69, 9.17) is 5.73 Å². The van der Waals surface area contributed by atoms with Gasteiger partial charge in [-0.15, -0.1) is 0 Å². The summed E-state index contributed by atoms with van der Waals surface area (Å²) >= 11 is 0. The lowest BCUT2D eigenvalue weighted by atomic mass is 9.98. The van der Waals surface area contributed by atoms with Crippen molar-refractivity contribution < 1.29 is 4.39 Å². The first kappa shape index (κ1) is 14.5. The number of nitrogens with zero attached hydrogens (tertiary/aromatic N) is 1. The summed E-state index contributed by atoms with van der Waals surface area (Å²) in [6.07, 6.45) is 5.18. The number of aryl methyl sites for hydroxylation is 1. The molecule has 1 aromatic rings. The van der Waals surface area contributed by atoms with Gasteiger partial charge in [-0.05, 0) is 49.6 Å². The maximum absolute atomic E-state index is 13.3. The van der Waals surface area contributed by atoms with Crippen molar-refractivity contribution in [1.82, 2.24) is 4.90 Å². The summed E-state index contributed by atoms with van der Waals surface area (Å²) in [6, 6.07) is 5.92. The molecule has 0 amide bonds. The van der Waals surface area contributed by atoms with E-state index in [1.165, 1.54) is 31.2 Å². The van der Waals surface area contributed by atoms with Crippen molar-refractivity contribution in [2.75, 3.05) is 13.1 Å². The number of hydrogen-bond acceptors (Lipinski definition) is 2. The smallest absolute Gasteiger partial charge is 0.123 e. The Morgan fingerprint density at radius 2 is 2.05 bits per heavy atom. The third-order valence-corrected chi connectivity index (χ3v) is 4.37. The minimum atomic E-state index is -0.166. The molecule has 1 aliphatic rings. The van der Waals surface area contributed by atoms with Crippen molar-refractivity contribution >= 4 is 0 Å². The first-order valence-electron chi connectivity index (χ1n) is 7.39. The SMILES string of the molecule is CCN(C1CCCC1)C(CN)c1ccc(F)cc1C. The van der Waals surface area contributed by atoms with Gasteiger partial charge in [0.15, 0.2) is 0 Å². The second-order valence-electron chi connectivity index (χ2n) is 5.52. The second-order valence-corrected chi connectivity index (χ2v) is 5.52. The van der Waals surface area contributed by atoms with Crippen LogP contribution in [0.4, 0.5) is 4.39 Å². The van der Waals surface area contributed by atoms with Crippen LogP contribution in [0.15, 0.2) is 18.2 Å². The molecule has 2 N–H and O–H groups in total. The van der Waals surface area contributed by atoms with Crippen LogP contribution in [-0.4, -0.2) is 24.0 Å². The normalized spacial score (nSPS) is 18.2. The predicted octanol–water partition coefficient (Wildman–Crippen LogP) is 3.40. The van der Waals surface area contributed by atoms with Gasteiger partial charge in [-0.25, -0.2) is 4.39 Å². The fourth-order valence-corrected chi connectivity index (χ4v) is 3.42. The van der Waals surface area contributed by atoms with Crippen molar-refractivity contribution in [2.24, 2.45) is 5.73 Å². The highest BCUT2D eigenvalue weighted by Gasteiger charge is 2.28. The van der Waals surface area contributed by atoms with Crippen molar-refractivity contribution in [3.63, 3.8) is 0 Å². The van der Waals surface area contributed by atoms with E-state index < -0.39 is 0 Å². The highest BCUT2D eigenvalue weighted by molar-refractivity contribution is 5.30. The van der Waals surface area contributed by atoms with E-state index in [2.05, 4.69) is 11.8 Å². The summed E-state index contributed by atoms with van der Waals surface area (Å²) in [5.74, 6) is -0.166. The van der Waals surface area contributed by atoms with E-state index >= 15 is 0 Å². The molecular weight excluding hydrogens is 239 g/mol. The Morgan fingerprint density at radius 3 is 2.58 bits per heavy atom. The molecule has 2 rings (SSSR count). The van der Waals surface area contributed by atoms with Gasteiger partial charge >= 0.3 is 0 Å². The molecule has 0 saturated heterocycles. The van der Waals surface area contributed by atoms with Crippen molar-refractivity contribution in [3.05, 3.63) is 35.1 Å². The van der Waals surface area contributed by atoms with E-state index in [0.29, 0.717) is 12.6 Å². The monoisotopic (exact) mass is 264 g/mol. The highest BCUT2D eigenvalue weighted by atomic mass is 19.1. The molecule has 2 nitrogen and oxygen atoms in total. The summed E-state index contributed by atoms with van der Waals surface area (Å²) in [7, 11) is 0. The maximum atomic E-state index is 13.3. The first-order valence-corrected chi connectivity index (χ1v) is 7.39. The molecule has 1 aromatic carbocycles. The van der Waals surface area contributed by atoms with Gasteiger partial charge in [-0.2, -0.15) is 0 Å². The average Bonchev–Trinajstić information content (AvgIpc) is 2.90. The second kappa shape index (κ2) is 6.49. The maximum Gasteiger partial charge on any atom is 0.123 e. The number of benzene rings is 1. The van der Waals surface area contributed by atoms with Gasteiger partial charge in [0.1, 0.15) is 5.82 Å². The van der Waals surface area contributed by atoms with E-state index in [1.54, 1.807) is 12.1 Å². The van der Waals surface area contributed by atoms with Gasteiger partial charge in [0.2, 0.25) is 0 Å². The molecule has 1 aliphatic carbocycles. The molecule has 0 radical (unpaired) electrons. The molecule has 0 aromatic heterocycles. The zero-order valence-electron chi connectivity index (χ0n) is 12.0. The quantitative estimate of drug-likeness (QED) is 0.883. The summed E-state index contributed by atoms with van der Waals surface area (Å²) in [6.45, 7) is 5.77. The number of rotatable bonds is 5. The summed E-state index contributed by atoms with van der Waals surface area (Å²) in [4.78, 5) is 2.51. The molecule has 1 unspecified atom stereocenters. The van der Waals surface area contributed by atoms with E-state index in [9.17, 15) is 4.39 Å². The third kappa shape index (κ3) is 3.15. The van der Waals surface area contributed by atoms with Crippen LogP contribution in [0.3, 0.4) is 0 Å². The summed E-state index contributed by atoms with van der Waals surface area (Å²) in [5, 5.41) is 0. The summed E-state index contributed by atoms with van der Waals surface area (Å²) in [5.41, 5.74) is 8.21. The van der Waals surface area contributed by atoms with Crippen LogP contribution in [0.2, 0.25) is 0 Å². The molecule has 106 valence electrons. The van der Waals surface area contributed by atoms with Gasteiger partial charge in [-0.3, -0.25) is 4.90 Å². The minimum Gasteiger partial charge on any atom is -0.329 e. The molecule has 0 bridgehead atoms. The zero-order valence-corrected chi connectivity index (χ0v) is 12.0. The molecule has 3 heteroatoms. The molecule has 19 heavy (non-hydrogen) atoms. The molecule has 0 aliphatic heterocycles. The van der Waals surface area contributed by atoms with Gasteiger partial charge in [0, 0.05) is 18.6 Å². The van der Waals surface area contributed by atoms with Crippen LogP contribution < -0.4 is 5.73 Å². The molecular formula is C16H25FN2. The fourth-order valence-electron chi connectivity index (χ4n) is 3.42. The number of halogens is 1. The molecule has 1 fully saturated rings. The fraction of sp³-hybridized carbons (Fsp3) is 0.625. The molecule has 0 heterocycles. The Labute approximate surface area is 115 Å². The first-order chi connectivity index (χ1) is 9.17. The van der Waals surface area contributed by atoms with Crippen LogP contribution in [-0.2, 0) is 0 Å². The lowest BCUT2D eigenvalue weighted by molar-refractivity contribution is 0.146. The van der Waals surface area contributed by atoms with E-state index in [0.717, 1.165) is 12.1 Å². The Bertz CT molecular complexity index is 413. The van der Waals surface area contributed by atoms with Crippen molar-refractivity contribution in [2.45, 2.75) is 51.6 Å². The average molecular weight is 264 g/mol. The Balaban J connectivity index is 2.26. The number of likely N-dealkylation sites (N-methyl/N-ethyl adjacent to an activating group) is 1. The van der Waals surface area contributed by atoms with Gasteiger partial charge in [0.05, 0.1) is 0 Å². The highest BCUT2D eigenvalue weighted by Crippen LogP contribution is 2.31. The molecule has 1 atom stereocenters. The Kier molecular flexibility index (Phi) is 4.94. The Morgan fingerprint density at radius 1 is 1.37 bits per heavy atom. The third-order valence-electron chi connectivity index (χ3n) is 4.37. The van der Waals surface area contributed by atoms with E-state index in [1.807, 2.05) is 13.0 Å². The van der Waals surface area contributed by atoms with E-state index in [-0.39, 0.29) is 11.9 Å². The standard InChI is InChI=1S/C16H25FN2/c1-3-19(14-6-4-5-7-14)16(11-18)15-9-8-13(17)10-12(15)2/h8-10,14,16H,3-7,11,18H2,1-2H3. The Hall–Kier alpha value is -0.930. The van der Waals surface area contributed by atoms with Crippen LogP contribution >= 0.6 is 0 Å². The predicted molar refractivity (Wildman–Crippen MR) is 77.6 cm³/mol. The lowest BCUT2D eigenvalue weighted by Gasteiger charge is -2.36. The van der Waals surface area contributed by atoms with Crippen molar-refractivity contribution in [1.29, 1.82) is 0 Å². The topological polar surface area (TPSA) is 29.3 Å². The van der Waals surface area contributed by atoms with Crippen LogP contribution in [0.5, 0.6) is 0 Å². The number of nitrogens with two attached hydrogens (primary N) is 1. The molecule has 1 saturated carbocycles. The zero-order chi connectivity index (χ0) is 13.8. The largest absolute Gasteiger partial charge is 0.329 e. The van der Waals surface area contributed by atoms with Gasteiger partial charge in [0.25, 0.3) is 0 Å². The van der Waals surface area contributed by atoms with Gasteiger partial charge < -0.3 is 5.73 Å². The lowest BCUT2D eigenvalue weighted by Crippen LogP contribution is -2.40.